The highest BCUT2D eigenvalue weighted by atomic mass is 16.2. The van der Waals surface area contributed by atoms with Crippen molar-refractivity contribution < 1.29 is 14.4 Å². The molecule has 1 aliphatic heterocycles. The first kappa shape index (κ1) is 19.9. The summed E-state index contributed by atoms with van der Waals surface area (Å²) in [5.41, 5.74) is 0.136. The summed E-state index contributed by atoms with van der Waals surface area (Å²) in [5.74, 6) is -0.251. The van der Waals surface area contributed by atoms with Crippen molar-refractivity contribution in [3.05, 3.63) is 35.9 Å². The summed E-state index contributed by atoms with van der Waals surface area (Å²) in [4.78, 5) is 38.4. The van der Waals surface area contributed by atoms with Gasteiger partial charge in [0, 0.05) is 0 Å². The van der Waals surface area contributed by atoms with E-state index in [9.17, 15) is 14.4 Å². The number of nitrogens with zero attached hydrogens (tertiary/aromatic N) is 1. The third-order valence-corrected chi connectivity index (χ3v) is 5.00. The number of benzene rings is 1. The molecular weight excluding hydrogens is 330 g/mol. The lowest BCUT2D eigenvalue weighted by atomic mass is 9.93. The average molecular weight is 359 g/mol. The standard InChI is InChI=1S/C20H29N3O3/c1-5-20(6-2)18(25)23(19(26)22-20)13-17(24)21-16(12-14(3)4)15-10-8-7-9-11-15/h7-11,14,16H,5-6,12-13H2,1-4H3,(H,21,24)(H,22,26)/t16-/m0/s1. The SMILES string of the molecule is CCC1(CC)NC(=O)N(CC(=O)N[C@@H](CC(C)C)c2ccccc2)C1=O. The summed E-state index contributed by atoms with van der Waals surface area (Å²) >= 11 is 0. The van der Waals surface area contributed by atoms with Gasteiger partial charge in [0.2, 0.25) is 5.91 Å². The lowest BCUT2D eigenvalue weighted by Gasteiger charge is -2.24. The van der Waals surface area contributed by atoms with Crippen molar-refractivity contribution >= 4 is 17.8 Å². The van der Waals surface area contributed by atoms with Crippen LogP contribution in [0.1, 0.15) is 58.6 Å². The Labute approximate surface area is 155 Å². The maximum atomic E-state index is 12.6. The topological polar surface area (TPSA) is 78.5 Å². The first-order valence-electron chi connectivity index (χ1n) is 9.31. The molecule has 0 radical (unpaired) electrons. The van der Waals surface area contributed by atoms with Gasteiger partial charge in [0.15, 0.2) is 0 Å². The highest BCUT2D eigenvalue weighted by molar-refractivity contribution is 6.09. The van der Waals surface area contributed by atoms with Gasteiger partial charge < -0.3 is 10.6 Å². The third-order valence-electron chi connectivity index (χ3n) is 5.00. The molecule has 0 spiro atoms. The fraction of sp³-hybridized carbons (Fsp3) is 0.550. The van der Waals surface area contributed by atoms with Gasteiger partial charge in [0.1, 0.15) is 12.1 Å². The van der Waals surface area contributed by atoms with E-state index in [-0.39, 0.29) is 24.4 Å². The Bertz CT molecular complexity index is 654. The molecule has 1 aromatic rings. The number of carbonyl (C=O) groups excluding carboxylic acids is 3. The second kappa shape index (κ2) is 8.34. The zero-order valence-corrected chi connectivity index (χ0v) is 16.0. The highest BCUT2D eigenvalue weighted by Gasteiger charge is 2.49. The zero-order chi connectivity index (χ0) is 19.3. The summed E-state index contributed by atoms with van der Waals surface area (Å²) in [5, 5.41) is 5.73. The van der Waals surface area contributed by atoms with Crippen LogP contribution >= 0.6 is 0 Å². The fourth-order valence-electron chi connectivity index (χ4n) is 3.37. The van der Waals surface area contributed by atoms with E-state index in [2.05, 4.69) is 24.5 Å². The molecule has 6 heteroatoms. The minimum absolute atomic E-state index is 0.147. The van der Waals surface area contributed by atoms with Crippen LogP contribution in [0.5, 0.6) is 0 Å². The Morgan fingerprint density at radius 2 is 1.77 bits per heavy atom. The molecule has 0 aromatic heterocycles. The van der Waals surface area contributed by atoms with Crippen LogP contribution < -0.4 is 10.6 Å². The number of hydrogen-bond donors (Lipinski definition) is 2. The maximum absolute atomic E-state index is 12.6. The molecule has 2 N–H and O–H groups in total. The molecule has 1 heterocycles. The number of urea groups is 1. The van der Waals surface area contributed by atoms with Gasteiger partial charge in [0.25, 0.3) is 5.91 Å². The van der Waals surface area contributed by atoms with Gasteiger partial charge in [-0.1, -0.05) is 58.0 Å². The fourth-order valence-corrected chi connectivity index (χ4v) is 3.37. The van der Waals surface area contributed by atoms with Gasteiger partial charge in [-0.15, -0.1) is 0 Å². The molecule has 4 amide bonds. The molecule has 0 unspecified atom stereocenters. The van der Waals surface area contributed by atoms with E-state index in [0.717, 1.165) is 16.9 Å². The van der Waals surface area contributed by atoms with Crippen LogP contribution in [0.25, 0.3) is 0 Å². The lowest BCUT2D eigenvalue weighted by molar-refractivity contribution is -0.135. The van der Waals surface area contributed by atoms with Gasteiger partial charge in [-0.05, 0) is 30.7 Å². The third kappa shape index (κ3) is 4.23. The smallest absolute Gasteiger partial charge is 0.325 e. The molecule has 142 valence electrons. The molecular formula is C20H29N3O3. The molecule has 0 saturated carbocycles. The van der Waals surface area contributed by atoms with Crippen molar-refractivity contribution in [3.63, 3.8) is 0 Å². The Hall–Kier alpha value is -2.37. The van der Waals surface area contributed by atoms with E-state index in [0.29, 0.717) is 18.8 Å². The van der Waals surface area contributed by atoms with E-state index in [4.69, 9.17) is 0 Å². The van der Waals surface area contributed by atoms with Crippen LogP contribution in [0, 0.1) is 5.92 Å². The number of carbonyl (C=O) groups is 3. The van der Waals surface area contributed by atoms with Gasteiger partial charge in [0.05, 0.1) is 6.04 Å². The summed E-state index contributed by atoms with van der Waals surface area (Å²) in [6, 6.07) is 9.10. The number of imide groups is 1. The molecule has 1 saturated heterocycles. The number of nitrogens with one attached hydrogen (secondary N) is 2. The van der Waals surface area contributed by atoms with E-state index < -0.39 is 11.6 Å². The van der Waals surface area contributed by atoms with E-state index in [1.807, 2.05) is 44.2 Å². The predicted molar refractivity (Wildman–Crippen MR) is 100 cm³/mol. The molecule has 1 aromatic carbocycles. The number of rotatable bonds is 8. The van der Waals surface area contributed by atoms with Crippen molar-refractivity contribution in [2.45, 2.75) is 58.5 Å². The van der Waals surface area contributed by atoms with Crippen LogP contribution in [0.15, 0.2) is 30.3 Å². The Balaban J connectivity index is 2.08. The molecule has 0 aliphatic carbocycles. The Morgan fingerprint density at radius 1 is 1.15 bits per heavy atom. The second-order valence-corrected chi connectivity index (χ2v) is 7.27. The molecule has 0 bridgehead atoms. The van der Waals surface area contributed by atoms with Crippen molar-refractivity contribution in [2.75, 3.05) is 6.54 Å². The van der Waals surface area contributed by atoms with Crippen LogP contribution in [0.4, 0.5) is 4.79 Å². The van der Waals surface area contributed by atoms with Gasteiger partial charge >= 0.3 is 6.03 Å². The minimum atomic E-state index is -0.881. The van der Waals surface area contributed by atoms with Gasteiger partial charge in [-0.25, -0.2) is 4.79 Å². The summed E-state index contributed by atoms with van der Waals surface area (Å²) in [6.07, 6.45) is 1.79. The molecule has 26 heavy (non-hydrogen) atoms. The van der Waals surface area contributed by atoms with Crippen molar-refractivity contribution in [1.82, 2.24) is 15.5 Å². The molecule has 1 atom stereocenters. The molecule has 1 fully saturated rings. The number of hydrogen-bond acceptors (Lipinski definition) is 3. The Kier molecular flexibility index (Phi) is 6.40. The Morgan fingerprint density at radius 3 is 2.27 bits per heavy atom. The average Bonchev–Trinajstić information content (AvgIpc) is 2.86. The monoisotopic (exact) mass is 359 g/mol. The van der Waals surface area contributed by atoms with Gasteiger partial charge in [-0.3, -0.25) is 14.5 Å². The molecule has 2 rings (SSSR count). The van der Waals surface area contributed by atoms with Crippen molar-refractivity contribution in [1.29, 1.82) is 0 Å². The highest BCUT2D eigenvalue weighted by Crippen LogP contribution is 2.25. The minimum Gasteiger partial charge on any atom is -0.348 e. The van der Waals surface area contributed by atoms with Crippen LogP contribution in [0.3, 0.4) is 0 Å². The summed E-state index contributed by atoms with van der Waals surface area (Å²) in [7, 11) is 0. The van der Waals surface area contributed by atoms with E-state index in [1.54, 1.807) is 0 Å². The normalized spacial score (nSPS) is 17.3. The van der Waals surface area contributed by atoms with Gasteiger partial charge in [-0.2, -0.15) is 0 Å². The van der Waals surface area contributed by atoms with Crippen LogP contribution in [0.2, 0.25) is 0 Å². The first-order chi connectivity index (χ1) is 12.3. The second-order valence-electron chi connectivity index (χ2n) is 7.27. The lowest BCUT2D eigenvalue weighted by Crippen LogP contribution is -2.47. The quantitative estimate of drug-likeness (QED) is 0.700. The zero-order valence-electron chi connectivity index (χ0n) is 16.0. The van der Waals surface area contributed by atoms with Crippen molar-refractivity contribution in [3.8, 4) is 0 Å². The molecule has 1 aliphatic rings. The first-order valence-corrected chi connectivity index (χ1v) is 9.31. The maximum Gasteiger partial charge on any atom is 0.325 e. The molecule has 6 nitrogen and oxygen atoms in total. The van der Waals surface area contributed by atoms with E-state index >= 15 is 0 Å². The summed E-state index contributed by atoms with van der Waals surface area (Å²) < 4.78 is 0. The number of amides is 4. The summed E-state index contributed by atoms with van der Waals surface area (Å²) in [6.45, 7) is 7.65. The predicted octanol–water partition coefficient (Wildman–Crippen LogP) is 3.00. The van der Waals surface area contributed by atoms with Crippen LogP contribution in [-0.4, -0.2) is 34.8 Å². The largest absolute Gasteiger partial charge is 0.348 e. The van der Waals surface area contributed by atoms with Crippen molar-refractivity contribution in [2.24, 2.45) is 5.92 Å². The van der Waals surface area contributed by atoms with Crippen LogP contribution in [-0.2, 0) is 9.59 Å². The van der Waals surface area contributed by atoms with E-state index in [1.165, 1.54) is 0 Å².